The summed E-state index contributed by atoms with van der Waals surface area (Å²) in [4.78, 5) is 50.8. The van der Waals surface area contributed by atoms with Crippen LogP contribution in [-0.4, -0.2) is 90.0 Å². The summed E-state index contributed by atoms with van der Waals surface area (Å²) in [5, 5.41) is 22.7. The first-order valence-electron chi connectivity index (χ1n) is 11.9. The first-order chi connectivity index (χ1) is 18.2. The normalized spacial score (nSPS) is 21.6. The van der Waals surface area contributed by atoms with Gasteiger partial charge >= 0.3 is 5.97 Å². The van der Waals surface area contributed by atoms with E-state index < -0.39 is 40.5 Å². The molecule has 2 aliphatic heterocycles. The van der Waals surface area contributed by atoms with Crippen LogP contribution in [0.5, 0.6) is 0 Å². The van der Waals surface area contributed by atoms with Gasteiger partial charge in [0.15, 0.2) is 11.5 Å². The second-order valence-electron chi connectivity index (χ2n) is 10.4. The Morgan fingerprint density at radius 2 is 2.00 bits per heavy atom. The van der Waals surface area contributed by atoms with Crippen LogP contribution in [0.4, 0.5) is 0 Å². The van der Waals surface area contributed by atoms with Crippen LogP contribution in [0.25, 0.3) is 0 Å². The van der Waals surface area contributed by atoms with Crippen LogP contribution in [0.1, 0.15) is 57.2 Å². The van der Waals surface area contributed by atoms with Crippen molar-refractivity contribution in [2.75, 3.05) is 5.88 Å². The maximum absolute atomic E-state index is 13.4. The van der Waals surface area contributed by atoms with Crippen LogP contribution >= 0.6 is 34.7 Å². The largest absolute Gasteiger partial charge is 0.457 e. The van der Waals surface area contributed by atoms with Crippen molar-refractivity contribution in [1.82, 2.24) is 35.3 Å². The zero-order valence-corrected chi connectivity index (χ0v) is 24.8. The standard InChI is InChI=1S/C22H28BClN8O5S2/c1-10-25-12(9-38-10)13(29-37-22(5,6)20(35)36-21(2,3)4)17(33)26-14-18(34)31-15(16-27-30-32(23)28-16)11(7-24)8-39-19(14)31/h8-9,14-15,19H,7,23H2,1-6H3,(H,26,33)/b29-13-/t14-,15-,19-/m1/s1. The van der Waals surface area contributed by atoms with E-state index in [1.165, 1.54) is 41.7 Å². The number of alkyl halides is 1. The van der Waals surface area contributed by atoms with Crippen LogP contribution in [0.15, 0.2) is 21.5 Å². The second kappa shape index (κ2) is 10.9. The summed E-state index contributed by atoms with van der Waals surface area (Å²) in [7, 11) is 1.63. The highest BCUT2D eigenvalue weighted by molar-refractivity contribution is 8.02. The minimum absolute atomic E-state index is 0.174. The first kappa shape index (κ1) is 29.0. The van der Waals surface area contributed by atoms with Gasteiger partial charge in [0.25, 0.3) is 13.9 Å². The number of nitrogens with one attached hydrogen (secondary N) is 1. The number of rotatable bonds is 8. The zero-order valence-electron chi connectivity index (χ0n) is 22.5. The van der Waals surface area contributed by atoms with Crippen molar-refractivity contribution in [3.05, 3.63) is 32.9 Å². The number of thioether (sulfide) groups is 1. The highest BCUT2D eigenvalue weighted by Crippen LogP contribution is 2.45. The number of ether oxygens (including phenoxy) is 1. The number of β-lactam (4-membered cyclic amide) rings is 1. The zero-order chi connectivity index (χ0) is 28.7. The number of thiazole rings is 1. The van der Waals surface area contributed by atoms with Gasteiger partial charge in [0.1, 0.15) is 28.8 Å². The van der Waals surface area contributed by atoms with E-state index in [2.05, 4.69) is 30.9 Å². The Hall–Kier alpha value is -2.98. The van der Waals surface area contributed by atoms with Crippen molar-refractivity contribution in [2.24, 2.45) is 5.16 Å². The lowest BCUT2D eigenvalue weighted by Crippen LogP contribution is -2.71. The van der Waals surface area contributed by atoms with Gasteiger partial charge < -0.3 is 19.8 Å². The molecule has 2 amide bonds. The molecule has 0 aliphatic carbocycles. The number of halogens is 1. The highest BCUT2D eigenvalue weighted by atomic mass is 35.5. The fourth-order valence-electron chi connectivity index (χ4n) is 3.73. The van der Waals surface area contributed by atoms with Crippen molar-refractivity contribution >= 4 is 66.2 Å². The molecule has 0 aromatic carbocycles. The second-order valence-corrected chi connectivity index (χ2v) is 12.7. The van der Waals surface area contributed by atoms with Gasteiger partial charge in [-0.05, 0) is 52.5 Å². The molecule has 3 atom stereocenters. The van der Waals surface area contributed by atoms with Crippen molar-refractivity contribution in [3.63, 3.8) is 0 Å². The Balaban J connectivity index is 1.55. The smallest absolute Gasteiger partial charge is 0.353 e. The number of hydrogen-bond acceptors (Lipinski definition) is 12. The number of esters is 1. The van der Waals surface area contributed by atoms with E-state index in [1.807, 2.05) is 5.41 Å². The Bertz CT molecular complexity index is 1350. The summed E-state index contributed by atoms with van der Waals surface area (Å²) < 4.78 is 6.71. The minimum atomic E-state index is -1.49. The lowest BCUT2D eigenvalue weighted by molar-refractivity contribution is -0.179. The van der Waals surface area contributed by atoms with Crippen molar-refractivity contribution in [2.45, 2.75) is 70.2 Å². The average Bonchev–Trinajstić information content (AvgIpc) is 3.48. The third-order valence-corrected chi connectivity index (χ3v) is 7.91. The molecular weight excluding hydrogens is 567 g/mol. The van der Waals surface area contributed by atoms with Gasteiger partial charge in [-0.1, -0.05) is 10.4 Å². The monoisotopic (exact) mass is 594 g/mol. The molecule has 0 unspecified atom stereocenters. The number of aromatic nitrogens is 5. The number of fused-ring (bicyclic) bond motifs is 1. The predicted molar refractivity (Wildman–Crippen MR) is 148 cm³/mol. The Morgan fingerprint density at radius 3 is 2.56 bits per heavy atom. The van der Waals surface area contributed by atoms with Crippen LogP contribution in [0.3, 0.4) is 0 Å². The molecule has 0 bridgehead atoms. The van der Waals surface area contributed by atoms with Gasteiger partial charge in [-0.2, -0.15) is 0 Å². The summed E-state index contributed by atoms with van der Waals surface area (Å²) in [5.74, 6) is -1.15. The van der Waals surface area contributed by atoms with Crippen molar-refractivity contribution in [1.29, 1.82) is 0 Å². The quantitative estimate of drug-likeness (QED) is 0.117. The molecule has 0 saturated carbocycles. The summed E-state index contributed by atoms with van der Waals surface area (Å²) >= 11 is 8.81. The van der Waals surface area contributed by atoms with Gasteiger partial charge in [-0.25, -0.2) is 14.5 Å². The number of tetrazole rings is 1. The number of carbonyl (C=O) groups is 3. The van der Waals surface area contributed by atoms with Crippen molar-refractivity contribution < 1.29 is 24.0 Å². The molecule has 0 radical (unpaired) electrons. The molecule has 17 heteroatoms. The highest BCUT2D eigenvalue weighted by Gasteiger charge is 2.55. The van der Waals surface area contributed by atoms with E-state index in [0.717, 1.165) is 5.57 Å². The lowest BCUT2D eigenvalue weighted by atomic mass is 9.98. The predicted octanol–water partition coefficient (Wildman–Crippen LogP) is 0.939. The van der Waals surface area contributed by atoms with E-state index in [9.17, 15) is 14.4 Å². The summed E-state index contributed by atoms with van der Waals surface area (Å²) in [6.07, 6.45) is 0. The van der Waals surface area contributed by atoms with E-state index in [4.69, 9.17) is 21.2 Å². The van der Waals surface area contributed by atoms with Gasteiger partial charge in [0, 0.05) is 11.3 Å². The molecule has 4 heterocycles. The molecule has 39 heavy (non-hydrogen) atoms. The molecule has 2 aromatic rings. The SMILES string of the molecule is Bn1nnc([C@H]2C(CCl)=CS[C@@H]3[C@H](NC(=O)/C(=N\OC(C)(C)C(=O)OC(C)(C)C)c4csc(C)n4)C(=O)N23)n1. The van der Waals surface area contributed by atoms with E-state index in [0.29, 0.717) is 10.8 Å². The summed E-state index contributed by atoms with van der Waals surface area (Å²) in [5.41, 5.74) is -1.40. The molecule has 1 saturated heterocycles. The maximum atomic E-state index is 13.4. The maximum Gasteiger partial charge on any atom is 0.353 e. The molecule has 208 valence electrons. The number of amides is 2. The molecule has 4 rings (SSSR count). The minimum Gasteiger partial charge on any atom is -0.457 e. The number of nitrogens with zero attached hydrogens (tertiary/aromatic N) is 7. The van der Waals surface area contributed by atoms with Gasteiger partial charge in [0.05, 0.1) is 5.01 Å². The van der Waals surface area contributed by atoms with Crippen LogP contribution in [-0.2, 0) is 24.0 Å². The number of carbonyl (C=O) groups excluding carboxylic acids is 3. The van der Waals surface area contributed by atoms with E-state index in [-0.39, 0.29) is 23.2 Å². The Kier molecular flexibility index (Phi) is 8.10. The topological polar surface area (TPSA) is 154 Å². The molecule has 2 aliphatic rings. The van der Waals surface area contributed by atoms with Crippen LogP contribution in [0, 0.1) is 6.92 Å². The van der Waals surface area contributed by atoms with Gasteiger partial charge in [0.2, 0.25) is 11.5 Å². The van der Waals surface area contributed by atoms with E-state index >= 15 is 0 Å². The van der Waals surface area contributed by atoms with Crippen LogP contribution < -0.4 is 5.32 Å². The molecule has 1 fully saturated rings. The third-order valence-electron chi connectivity index (χ3n) is 5.61. The Labute approximate surface area is 239 Å². The first-order valence-corrected chi connectivity index (χ1v) is 14.3. The summed E-state index contributed by atoms with van der Waals surface area (Å²) in [6.45, 7) is 9.96. The fraction of sp³-hybridized carbons (Fsp3) is 0.545. The van der Waals surface area contributed by atoms with Crippen molar-refractivity contribution in [3.8, 4) is 0 Å². The molecule has 0 spiro atoms. The number of hydrogen-bond donors (Lipinski definition) is 1. The van der Waals surface area contributed by atoms with Gasteiger partial charge in [-0.15, -0.1) is 44.9 Å². The summed E-state index contributed by atoms with van der Waals surface area (Å²) in [6, 6.07) is -1.45. The van der Waals surface area contributed by atoms with Crippen LogP contribution in [0.2, 0.25) is 0 Å². The molecule has 13 nitrogen and oxygen atoms in total. The molecule has 2 aromatic heterocycles. The number of oxime groups is 1. The molecular formula is C22H28BClN8O5S2. The molecule has 1 N–H and O–H groups in total. The van der Waals surface area contributed by atoms with E-state index in [1.54, 1.807) is 46.0 Å². The fourth-order valence-corrected chi connectivity index (χ4v) is 5.86. The lowest BCUT2D eigenvalue weighted by Gasteiger charge is -2.51. The number of aryl methyl sites for hydroxylation is 1. The third kappa shape index (κ3) is 6.12. The van der Waals surface area contributed by atoms with Gasteiger partial charge in [-0.3, -0.25) is 9.59 Å². The Morgan fingerprint density at radius 1 is 1.28 bits per heavy atom. The average molecular weight is 595 g/mol.